The number of hydrogen-bond donors (Lipinski definition) is 1. The zero-order chi connectivity index (χ0) is 21.7. The molecule has 0 aliphatic heterocycles. The number of halogens is 3. The first kappa shape index (κ1) is 21.6. The number of aromatic nitrogens is 4. The maximum absolute atomic E-state index is 12.3. The Kier molecular flexibility index (Phi) is 6.56. The first-order valence-electron chi connectivity index (χ1n) is 9.24. The lowest BCUT2D eigenvalue weighted by molar-refractivity contribution is -0.176. The quantitative estimate of drug-likeness (QED) is 0.583. The summed E-state index contributed by atoms with van der Waals surface area (Å²) >= 11 is 0. The van der Waals surface area contributed by atoms with Gasteiger partial charge in [-0.2, -0.15) is 13.2 Å². The van der Waals surface area contributed by atoms with E-state index < -0.39 is 12.8 Å². The molecule has 0 fully saturated rings. The minimum Gasteiger partial charge on any atom is -0.494 e. The molecular weight excluding hydrogens is 399 g/mol. The number of benzene rings is 1. The van der Waals surface area contributed by atoms with Crippen molar-refractivity contribution in [2.75, 3.05) is 19.0 Å². The molecule has 160 valence electrons. The number of imidazole rings is 1. The SMILES string of the molecule is CCc1cc(COCC(F)(F)F)nc(Nc2ccc(-n3cnc(C)c3)c(OC)c2)n1. The predicted octanol–water partition coefficient (Wildman–Crippen LogP) is 4.36. The molecule has 0 saturated carbocycles. The average molecular weight is 421 g/mol. The molecule has 0 aliphatic carbocycles. The second-order valence-corrected chi connectivity index (χ2v) is 6.57. The van der Waals surface area contributed by atoms with E-state index in [0.29, 0.717) is 29.2 Å². The summed E-state index contributed by atoms with van der Waals surface area (Å²) in [4.78, 5) is 12.9. The summed E-state index contributed by atoms with van der Waals surface area (Å²) in [7, 11) is 1.57. The van der Waals surface area contributed by atoms with Gasteiger partial charge in [-0.05, 0) is 31.5 Å². The normalized spacial score (nSPS) is 11.5. The van der Waals surface area contributed by atoms with E-state index >= 15 is 0 Å². The lowest BCUT2D eigenvalue weighted by Gasteiger charge is -2.13. The van der Waals surface area contributed by atoms with Crippen molar-refractivity contribution in [2.45, 2.75) is 33.1 Å². The van der Waals surface area contributed by atoms with Crippen LogP contribution in [-0.4, -0.2) is 39.4 Å². The Morgan fingerprint density at radius 3 is 2.53 bits per heavy atom. The highest BCUT2D eigenvalue weighted by Crippen LogP contribution is 2.28. The Morgan fingerprint density at radius 2 is 1.90 bits per heavy atom. The smallest absolute Gasteiger partial charge is 0.411 e. The number of methoxy groups -OCH3 is 1. The molecule has 1 aromatic carbocycles. The molecule has 3 aromatic rings. The number of ether oxygens (including phenoxy) is 2. The van der Waals surface area contributed by atoms with Crippen LogP contribution >= 0.6 is 0 Å². The number of hydrogen-bond acceptors (Lipinski definition) is 6. The molecule has 30 heavy (non-hydrogen) atoms. The summed E-state index contributed by atoms with van der Waals surface area (Å²) in [6, 6.07) is 7.10. The largest absolute Gasteiger partial charge is 0.494 e. The molecular formula is C20H22F3N5O2. The zero-order valence-corrected chi connectivity index (χ0v) is 16.8. The maximum atomic E-state index is 12.3. The maximum Gasteiger partial charge on any atom is 0.411 e. The van der Waals surface area contributed by atoms with Crippen LogP contribution in [0.25, 0.3) is 5.69 Å². The van der Waals surface area contributed by atoms with Crippen LogP contribution in [0, 0.1) is 6.92 Å². The lowest BCUT2D eigenvalue weighted by Crippen LogP contribution is -2.17. The van der Waals surface area contributed by atoms with Gasteiger partial charge >= 0.3 is 6.18 Å². The molecule has 7 nitrogen and oxygen atoms in total. The molecule has 0 aliphatic rings. The van der Waals surface area contributed by atoms with Crippen LogP contribution in [0.1, 0.15) is 24.0 Å². The van der Waals surface area contributed by atoms with Gasteiger partial charge in [0.1, 0.15) is 12.4 Å². The third kappa shape index (κ3) is 5.69. The fraction of sp³-hybridized carbons (Fsp3) is 0.350. The lowest BCUT2D eigenvalue weighted by atomic mass is 10.2. The summed E-state index contributed by atoms with van der Waals surface area (Å²) in [5, 5.41) is 3.08. The molecule has 0 amide bonds. The van der Waals surface area contributed by atoms with Crippen molar-refractivity contribution in [1.29, 1.82) is 0 Å². The first-order valence-corrected chi connectivity index (χ1v) is 9.24. The Morgan fingerprint density at radius 1 is 1.13 bits per heavy atom. The number of rotatable bonds is 8. The van der Waals surface area contributed by atoms with E-state index in [1.54, 1.807) is 25.6 Å². The minimum atomic E-state index is -4.38. The van der Waals surface area contributed by atoms with Crippen molar-refractivity contribution in [2.24, 2.45) is 0 Å². The Balaban J connectivity index is 1.80. The highest BCUT2D eigenvalue weighted by molar-refractivity contribution is 5.62. The molecule has 0 unspecified atom stereocenters. The number of anilines is 2. The van der Waals surface area contributed by atoms with Gasteiger partial charge in [-0.15, -0.1) is 0 Å². The molecule has 10 heteroatoms. The van der Waals surface area contributed by atoms with Gasteiger partial charge in [-0.1, -0.05) is 6.92 Å². The number of alkyl halides is 3. The third-order valence-corrected chi connectivity index (χ3v) is 4.14. The van der Waals surface area contributed by atoms with Gasteiger partial charge < -0.3 is 19.4 Å². The molecule has 2 aromatic heterocycles. The van der Waals surface area contributed by atoms with E-state index in [9.17, 15) is 13.2 Å². The van der Waals surface area contributed by atoms with Crippen molar-refractivity contribution < 1.29 is 22.6 Å². The number of aryl methyl sites for hydroxylation is 2. The van der Waals surface area contributed by atoms with Crippen LogP contribution in [0.15, 0.2) is 36.8 Å². The minimum absolute atomic E-state index is 0.258. The summed E-state index contributed by atoms with van der Waals surface area (Å²) in [6.07, 6.45) is -0.202. The average Bonchev–Trinajstić information content (AvgIpc) is 3.12. The van der Waals surface area contributed by atoms with E-state index in [1.165, 1.54) is 0 Å². The summed E-state index contributed by atoms with van der Waals surface area (Å²) in [6.45, 7) is 2.21. The van der Waals surface area contributed by atoms with E-state index in [2.05, 4.69) is 20.3 Å². The van der Waals surface area contributed by atoms with E-state index in [-0.39, 0.29) is 12.6 Å². The van der Waals surface area contributed by atoms with Gasteiger partial charge in [-0.3, -0.25) is 0 Å². The van der Waals surface area contributed by atoms with Crippen LogP contribution in [0.4, 0.5) is 24.8 Å². The van der Waals surface area contributed by atoms with Crippen LogP contribution in [0.3, 0.4) is 0 Å². The Labute approximate surface area is 171 Å². The monoisotopic (exact) mass is 421 g/mol. The van der Waals surface area contributed by atoms with Gasteiger partial charge in [0.2, 0.25) is 5.95 Å². The van der Waals surface area contributed by atoms with Gasteiger partial charge in [0.15, 0.2) is 0 Å². The van der Waals surface area contributed by atoms with E-state index in [4.69, 9.17) is 9.47 Å². The summed E-state index contributed by atoms with van der Waals surface area (Å²) in [5.41, 5.74) is 3.42. The van der Waals surface area contributed by atoms with Crippen LogP contribution in [0.2, 0.25) is 0 Å². The van der Waals surface area contributed by atoms with E-state index in [1.807, 2.05) is 36.7 Å². The Hall–Kier alpha value is -3.14. The van der Waals surface area contributed by atoms with Gasteiger partial charge in [0, 0.05) is 23.6 Å². The highest BCUT2D eigenvalue weighted by Gasteiger charge is 2.27. The van der Waals surface area contributed by atoms with Crippen molar-refractivity contribution >= 4 is 11.6 Å². The van der Waals surface area contributed by atoms with Crippen molar-refractivity contribution in [1.82, 2.24) is 19.5 Å². The molecule has 1 N–H and O–H groups in total. The van der Waals surface area contributed by atoms with E-state index in [0.717, 1.165) is 11.4 Å². The van der Waals surface area contributed by atoms with Gasteiger partial charge in [0.25, 0.3) is 0 Å². The van der Waals surface area contributed by atoms with Gasteiger partial charge in [0.05, 0.1) is 37.1 Å². The molecule has 0 spiro atoms. The van der Waals surface area contributed by atoms with Gasteiger partial charge in [-0.25, -0.2) is 15.0 Å². The second kappa shape index (κ2) is 9.12. The predicted molar refractivity (Wildman–Crippen MR) is 105 cm³/mol. The molecule has 0 saturated heterocycles. The second-order valence-electron chi connectivity index (χ2n) is 6.57. The number of nitrogens with zero attached hydrogens (tertiary/aromatic N) is 4. The van der Waals surface area contributed by atoms with Crippen molar-refractivity contribution in [3.8, 4) is 11.4 Å². The third-order valence-electron chi connectivity index (χ3n) is 4.14. The zero-order valence-electron chi connectivity index (χ0n) is 16.8. The highest BCUT2D eigenvalue weighted by atomic mass is 19.4. The fourth-order valence-electron chi connectivity index (χ4n) is 2.79. The molecule has 2 heterocycles. The molecule has 0 atom stereocenters. The van der Waals surface area contributed by atoms with Crippen LogP contribution < -0.4 is 10.1 Å². The topological polar surface area (TPSA) is 74.1 Å². The molecule has 0 radical (unpaired) electrons. The molecule has 3 rings (SSSR count). The van der Waals surface area contributed by atoms with Crippen molar-refractivity contribution in [3.63, 3.8) is 0 Å². The number of nitrogens with one attached hydrogen (secondary N) is 1. The first-order chi connectivity index (χ1) is 14.3. The van der Waals surface area contributed by atoms with Crippen LogP contribution in [0.5, 0.6) is 5.75 Å². The summed E-state index contributed by atoms with van der Waals surface area (Å²) in [5.74, 6) is 0.881. The Bertz CT molecular complexity index is 1000. The summed E-state index contributed by atoms with van der Waals surface area (Å²) < 4.78 is 49.0. The van der Waals surface area contributed by atoms with Crippen LogP contribution in [-0.2, 0) is 17.8 Å². The van der Waals surface area contributed by atoms with Crippen molar-refractivity contribution in [3.05, 3.63) is 53.9 Å². The molecule has 0 bridgehead atoms. The fourth-order valence-corrected chi connectivity index (χ4v) is 2.79. The standard InChI is InChI=1S/C20H22F3N5O2/c1-4-14-7-16(10-30-11-20(21,22)23)27-19(25-14)26-15-5-6-17(18(8-15)29-3)28-9-13(2)24-12-28/h5-9,12H,4,10-11H2,1-3H3,(H,25,26,27).